The van der Waals surface area contributed by atoms with E-state index in [0.29, 0.717) is 13.2 Å². The third-order valence-corrected chi connectivity index (χ3v) is 3.88. The molecule has 0 bridgehead atoms. The topological polar surface area (TPSA) is 18.5 Å². The molecule has 0 heterocycles. The van der Waals surface area contributed by atoms with Gasteiger partial charge in [-0.3, -0.25) is 0 Å². The minimum atomic E-state index is 0.615. The second kappa shape index (κ2) is 8.46. The first-order chi connectivity index (χ1) is 11.8. The van der Waals surface area contributed by atoms with Gasteiger partial charge in [0.25, 0.3) is 0 Å². The van der Waals surface area contributed by atoms with Gasteiger partial charge >= 0.3 is 0 Å². The summed E-state index contributed by atoms with van der Waals surface area (Å²) in [4.78, 5) is 0.903. The maximum absolute atomic E-state index is 5.96. The van der Waals surface area contributed by atoms with Gasteiger partial charge in [-0.1, -0.05) is 54.6 Å². The fraction of sp³-hybridized carbons (Fsp3) is 0.143. The minimum absolute atomic E-state index is 0.615. The quantitative estimate of drug-likeness (QED) is 0.454. The zero-order chi connectivity index (χ0) is 16.6. The van der Waals surface area contributed by atoms with Crippen LogP contribution in [0.2, 0.25) is 0 Å². The highest BCUT2D eigenvalue weighted by molar-refractivity contribution is 7.80. The molecule has 0 atom stereocenters. The first-order valence-corrected chi connectivity index (χ1v) is 8.47. The number of benzene rings is 3. The van der Waals surface area contributed by atoms with Gasteiger partial charge in [-0.05, 0) is 29.8 Å². The molecule has 3 aromatic rings. The molecule has 0 aliphatic rings. The van der Waals surface area contributed by atoms with Gasteiger partial charge < -0.3 is 9.47 Å². The highest BCUT2D eigenvalue weighted by Gasteiger charge is 2.05. The van der Waals surface area contributed by atoms with E-state index in [1.54, 1.807) is 0 Å². The standard InChI is InChI=1S/C21H20O2S/c24-19-11-6-10-18(16-19)22-14-7-15-23-21-13-5-4-12-20(21)17-8-2-1-3-9-17/h1-6,8-13,16,24H,7,14-15H2. The Hall–Kier alpha value is -2.39. The molecule has 3 rings (SSSR count). The number of rotatable bonds is 7. The van der Waals surface area contributed by atoms with Gasteiger partial charge in [-0.2, -0.15) is 0 Å². The van der Waals surface area contributed by atoms with E-state index in [0.717, 1.165) is 33.9 Å². The minimum Gasteiger partial charge on any atom is -0.493 e. The van der Waals surface area contributed by atoms with Crippen LogP contribution in [0.4, 0.5) is 0 Å². The molecule has 3 aromatic carbocycles. The fourth-order valence-corrected chi connectivity index (χ4v) is 2.67. The lowest BCUT2D eigenvalue weighted by Gasteiger charge is -2.12. The normalized spacial score (nSPS) is 10.4. The van der Waals surface area contributed by atoms with Crippen LogP contribution in [0, 0.1) is 0 Å². The first kappa shape index (κ1) is 16.5. The molecule has 0 spiro atoms. The highest BCUT2D eigenvalue weighted by atomic mass is 32.1. The molecule has 0 saturated heterocycles. The molecule has 0 aliphatic carbocycles. The summed E-state index contributed by atoms with van der Waals surface area (Å²) in [5, 5.41) is 0. The van der Waals surface area contributed by atoms with Crippen LogP contribution in [0.25, 0.3) is 11.1 Å². The van der Waals surface area contributed by atoms with Crippen LogP contribution in [0.3, 0.4) is 0 Å². The van der Waals surface area contributed by atoms with Gasteiger partial charge in [0.05, 0.1) is 13.2 Å². The molecule has 0 aromatic heterocycles. The summed E-state index contributed by atoms with van der Waals surface area (Å²) in [6.07, 6.45) is 0.819. The molecule has 0 radical (unpaired) electrons. The lowest BCUT2D eigenvalue weighted by atomic mass is 10.1. The summed E-state index contributed by atoms with van der Waals surface area (Å²) in [6.45, 7) is 1.23. The average molecular weight is 336 g/mol. The Morgan fingerprint density at radius 2 is 1.46 bits per heavy atom. The van der Waals surface area contributed by atoms with Crippen molar-refractivity contribution in [3.63, 3.8) is 0 Å². The summed E-state index contributed by atoms with van der Waals surface area (Å²) in [5.41, 5.74) is 2.27. The van der Waals surface area contributed by atoms with Crippen LogP contribution in [0.1, 0.15) is 6.42 Å². The Morgan fingerprint density at radius 3 is 2.29 bits per heavy atom. The molecule has 122 valence electrons. The van der Waals surface area contributed by atoms with E-state index in [1.165, 1.54) is 0 Å². The molecule has 2 nitrogen and oxygen atoms in total. The van der Waals surface area contributed by atoms with Gasteiger partial charge in [-0.15, -0.1) is 12.6 Å². The number of para-hydroxylation sites is 1. The summed E-state index contributed by atoms with van der Waals surface area (Å²) < 4.78 is 11.7. The highest BCUT2D eigenvalue weighted by Crippen LogP contribution is 2.29. The Morgan fingerprint density at radius 1 is 0.708 bits per heavy atom. The maximum Gasteiger partial charge on any atom is 0.127 e. The third kappa shape index (κ3) is 4.56. The van der Waals surface area contributed by atoms with Crippen LogP contribution in [-0.4, -0.2) is 13.2 Å². The lowest BCUT2D eigenvalue weighted by Crippen LogP contribution is -2.05. The molecule has 0 amide bonds. The Kier molecular flexibility index (Phi) is 5.80. The summed E-state index contributed by atoms with van der Waals surface area (Å²) in [6, 6.07) is 26.1. The van der Waals surface area contributed by atoms with Crippen LogP contribution in [0.15, 0.2) is 83.8 Å². The van der Waals surface area contributed by atoms with Crippen LogP contribution < -0.4 is 9.47 Å². The Bertz CT molecular complexity index is 772. The molecule has 24 heavy (non-hydrogen) atoms. The van der Waals surface area contributed by atoms with Gasteiger partial charge in [0.15, 0.2) is 0 Å². The molecule has 0 unspecified atom stereocenters. The predicted molar refractivity (Wildman–Crippen MR) is 101 cm³/mol. The van der Waals surface area contributed by atoms with Gasteiger partial charge in [0.1, 0.15) is 11.5 Å². The van der Waals surface area contributed by atoms with Gasteiger partial charge in [0, 0.05) is 16.9 Å². The maximum atomic E-state index is 5.96. The molecular weight excluding hydrogens is 316 g/mol. The molecule has 3 heteroatoms. The number of hydrogen-bond donors (Lipinski definition) is 1. The summed E-state index contributed by atoms with van der Waals surface area (Å²) in [5.74, 6) is 1.74. The average Bonchev–Trinajstić information content (AvgIpc) is 2.63. The summed E-state index contributed by atoms with van der Waals surface area (Å²) >= 11 is 4.31. The van der Waals surface area contributed by atoms with Gasteiger partial charge in [-0.25, -0.2) is 0 Å². The SMILES string of the molecule is Sc1cccc(OCCCOc2ccccc2-c2ccccc2)c1. The lowest BCUT2D eigenvalue weighted by molar-refractivity contribution is 0.248. The van der Waals surface area contributed by atoms with E-state index in [9.17, 15) is 0 Å². The number of ether oxygens (including phenoxy) is 2. The van der Waals surface area contributed by atoms with Crippen LogP contribution in [0.5, 0.6) is 11.5 Å². The van der Waals surface area contributed by atoms with Crippen LogP contribution >= 0.6 is 12.6 Å². The molecule has 0 fully saturated rings. The van der Waals surface area contributed by atoms with E-state index in [-0.39, 0.29) is 0 Å². The largest absolute Gasteiger partial charge is 0.493 e. The van der Waals surface area contributed by atoms with Crippen molar-refractivity contribution in [3.05, 3.63) is 78.9 Å². The van der Waals surface area contributed by atoms with Gasteiger partial charge in [0.2, 0.25) is 0 Å². The van der Waals surface area contributed by atoms with E-state index < -0.39 is 0 Å². The second-order valence-electron chi connectivity index (χ2n) is 5.41. The summed E-state index contributed by atoms with van der Waals surface area (Å²) in [7, 11) is 0. The zero-order valence-electron chi connectivity index (χ0n) is 13.4. The van der Waals surface area contributed by atoms with Crippen molar-refractivity contribution in [2.24, 2.45) is 0 Å². The molecule has 0 aliphatic heterocycles. The fourth-order valence-electron chi connectivity index (χ4n) is 2.45. The Balaban J connectivity index is 1.52. The number of hydrogen-bond acceptors (Lipinski definition) is 3. The van der Waals surface area contributed by atoms with Crippen molar-refractivity contribution in [1.82, 2.24) is 0 Å². The van der Waals surface area contributed by atoms with Crippen LogP contribution in [-0.2, 0) is 0 Å². The van der Waals surface area contributed by atoms with E-state index in [1.807, 2.05) is 60.7 Å². The van der Waals surface area contributed by atoms with E-state index >= 15 is 0 Å². The Labute approximate surface area is 148 Å². The van der Waals surface area contributed by atoms with Crippen molar-refractivity contribution in [3.8, 4) is 22.6 Å². The van der Waals surface area contributed by atoms with Crippen molar-refractivity contribution in [1.29, 1.82) is 0 Å². The predicted octanol–water partition coefficient (Wildman–Crippen LogP) is 5.49. The van der Waals surface area contributed by atoms with Crippen molar-refractivity contribution in [2.45, 2.75) is 11.3 Å². The van der Waals surface area contributed by atoms with Crippen molar-refractivity contribution < 1.29 is 9.47 Å². The monoisotopic (exact) mass is 336 g/mol. The number of thiol groups is 1. The molecule has 0 N–H and O–H groups in total. The van der Waals surface area contributed by atoms with Crippen molar-refractivity contribution in [2.75, 3.05) is 13.2 Å². The smallest absolute Gasteiger partial charge is 0.127 e. The molecule has 0 saturated carbocycles. The van der Waals surface area contributed by atoms with E-state index in [2.05, 4.69) is 30.8 Å². The van der Waals surface area contributed by atoms with Crippen molar-refractivity contribution >= 4 is 12.6 Å². The molecular formula is C21H20O2S. The first-order valence-electron chi connectivity index (χ1n) is 8.02. The van der Waals surface area contributed by atoms with E-state index in [4.69, 9.17) is 9.47 Å². The second-order valence-corrected chi connectivity index (χ2v) is 5.93. The zero-order valence-corrected chi connectivity index (χ0v) is 14.3. The third-order valence-electron chi connectivity index (χ3n) is 3.60.